The molecule has 0 amide bonds. The maximum Gasteiger partial charge on any atom is 0.368 e. The standard InChI is InChI=1S/C7H10O2/c1-5-9-6(8)7(2,3)4/h1-5H2. The highest BCUT2D eigenvalue weighted by Gasteiger charge is 2.30. The third-order valence-corrected chi connectivity index (χ3v) is 0.666. The molecule has 0 spiro atoms. The van der Waals surface area contributed by atoms with E-state index < -0.39 is 11.4 Å². The van der Waals surface area contributed by atoms with E-state index in [1.165, 1.54) is 0 Å². The molecule has 0 radical (unpaired) electrons. The van der Waals surface area contributed by atoms with E-state index >= 15 is 0 Å². The lowest BCUT2D eigenvalue weighted by Gasteiger charge is -2.10. The molecular formula is C7H10O2. The van der Waals surface area contributed by atoms with Crippen molar-refractivity contribution in [3.8, 4) is 0 Å². The summed E-state index contributed by atoms with van der Waals surface area (Å²) in [5.41, 5.74) is -1.14. The van der Waals surface area contributed by atoms with E-state index in [0.717, 1.165) is 0 Å². The molecule has 9 heavy (non-hydrogen) atoms. The highest BCUT2D eigenvalue weighted by atomic mass is 16.5. The molecule has 0 aromatic heterocycles. The number of esters is 1. The Bertz CT molecular complexity index is 100.0. The zero-order chi connectivity index (χ0) is 7.49. The molecule has 2 nitrogen and oxygen atoms in total. The summed E-state index contributed by atoms with van der Waals surface area (Å²) in [6.07, 6.45) is 0. The molecule has 2 heteroatoms. The fourth-order valence-corrected chi connectivity index (χ4v) is 0.246. The summed E-state index contributed by atoms with van der Waals surface area (Å²) in [7, 11) is 0. The van der Waals surface area contributed by atoms with Crippen molar-refractivity contribution in [1.82, 2.24) is 0 Å². The van der Waals surface area contributed by atoms with Gasteiger partial charge in [-0.15, -0.1) is 0 Å². The van der Waals surface area contributed by atoms with Crippen LogP contribution < -0.4 is 0 Å². The Balaban J connectivity index is 3.74. The predicted molar refractivity (Wildman–Crippen MR) is 34.8 cm³/mol. The molecule has 0 N–H and O–H groups in total. The van der Waals surface area contributed by atoms with Gasteiger partial charge in [-0.05, 0) is 6.61 Å². The van der Waals surface area contributed by atoms with E-state index in [0.29, 0.717) is 0 Å². The molecule has 0 heterocycles. The van der Waals surface area contributed by atoms with Gasteiger partial charge in [-0.2, -0.15) is 0 Å². The third kappa shape index (κ3) is 2.90. The van der Waals surface area contributed by atoms with E-state index in [1.54, 1.807) is 0 Å². The monoisotopic (exact) mass is 126 g/mol. The minimum Gasteiger partial charge on any atom is -0.494 e. The molecular weight excluding hydrogens is 116 g/mol. The van der Waals surface area contributed by atoms with Crippen LogP contribution >= 0.6 is 0 Å². The molecule has 0 aliphatic rings. The molecule has 0 unspecified atom stereocenters. The van der Waals surface area contributed by atoms with Crippen molar-refractivity contribution in [2.24, 2.45) is 5.41 Å². The van der Waals surface area contributed by atoms with Crippen molar-refractivity contribution in [2.75, 3.05) is 6.61 Å². The van der Waals surface area contributed by atoms with Crippen LogP contribution in [0.2, 0.25) is 0 Å². The van der Waals surface area contributed by atoms with Crippen molar-refractivity contribution in [2.45, 2.75) is 0 Å². The van der Waals surface area contributed by atoms with Gasteiger partial charge < -0.3 is 11.7 Å². The van der Waals surface area contributed by atoms with E-state index in [-0.39, 0.29) is 6.61 Å². The van der Waals surface area contributed by atoms with Crippen LogP contribution in [0.25, 0.3) is 0 Å². The number of rotatable bonds is 2. The first-order valence-electron chi connectivity index (χ1n) is 2.51. The van der Waals surface area contributed by atoms with Gasteiger partial charge in [-0.1, -0.05) is 0 Å². The van der Waals surface area contributed by atoms with Crippen molar-refractivity contribution in [3.63, 3.8) is 0 Å². The summed E-state index contributed by atoms with van der Waals surface area (Å²) in [5.74, 6) is -0.530. The number of hydrogen-bond donors (Lipinski definition) is 0. The predicted octanol–water partition coefficient (Wildman–Crippen LogP) is 0.852. The van der Waals surface area contributed by atoms with Gasteiger partial charge in [0.25, 0.3) is 0 Å². The van der Waals surface area contributed by atoms with Crippen LogP contribution in [0.3, 0.4) is 0 Å². The zero-order valence-electron chi connectivity index (χ0n) is 5.35. The second-order valence-electron chi connectivity index (χ2n) is 1.92. The van der Waals surface area contributed by atoms with E-state index in [2.05, 4.69) is 32.4 Å². The molecule has 0 atom stereocenters. The normalized spacial score (nSPS) is 10.9. The van der Waals surface area contributed by atoms with Crippen molar-refractivity contribution < 1.29 is 9.53 Å². The SMILES string of the molecule is [CH2+]C([CH2+])([CH2-])C(=O)OC[CH2-]. The lowest BCUT2D eigenvalue weighted by Crippen LogP contribution is -2.23. The zero-order valence-corrected chi connectivity index (χ0v) is 5.35. The number of hydrogen-bond acceptors (Lipinski definition) is 2. The maximum atomic E-state index is 10.6. The van der Waals surface area contributed by atoms with Gasteiger partial charge in [0.1, 0.15) is 0 Å². The topological polar surface area (TPSA) is 26.3 Å². The lowest BCUT2D eigenvalue weighted by molar-refractivity contribution is -0.147. The Kier molecular flexibility index (Phi) is 2.43. The Labute approximate surface area is 56.2 Å². The van der Waals surface area contributed by atoms with Crippen LogP contribution in [0.15, 0.2) is 0 Å². The van der Waals surface area contributed by atoms with Crippen LogP contribution in [0.4, 0.5) is 0 Å². The molecule has 0 aromatic carbocycles. The van der Waals surface area contributed by atoms with Crippen LogP contribution in [0.5, 0.6) is 0 Å². The van der Waals surface area contributed by atoms with Gasteiger partial charge >= 0.3 is 5.97 Å². The first kappa shape index (κ1) is 8.21. The molecule has 0 aliphatic heterocycles. The minimum absolute atomic E-state index is 0.0984. The Morgan fingerprint density at radius 3 is 2.22 bits per heavy atom. The average Bonchev–Trinajstić information content (AvgIpc) is 1.64. The summed E-state index contributed by atoms with van der Waals surface area (Å²) < 4.78 is 4.47. The third-order valence-electron chi connectivity index (χ3n) is 0.666. The molecule has 0 saturated carbocycles. The van der Waals surface area contributed by atoms with Gasteiger partial charge in [0.2, 0.25) is 5.41 Å². The summed E-state index contributed by atoms with van der Waals surface area (Å²) >= 11 is 0. The van der Waals surface area contributed by atoms with E-state index in [9.17, 15) is 4.79 Å². The highest BCUT2D eigenvalue weighted by Crippen LogP contribution is 2.12. The average molecular weight is 126 g/mol. The summed E-state index contributed by atoms with van der Waals surface area (Å²) in [5, 5.41) is 0. The van der Waals surface area contributed by atoms with E-state index in [4.69, 9.17) is 0 Å². The molecule has 0 rings (SSSR count). The van der Waals surface area contributed by atoms with Gasteiger partial charge in [0.15, 0.2) is 0 Å². The quantitative estimate of drug-likeness (QED) is 0.405. The number of ether oxygens (including phenoxy) is 1. The minimum atomic E-state index is -1.14. The molecule has 0 fully saturated rings. The fraction of sp³-hybridized carbons (Fsp3) is 0.286. The summed E-state index contributed by atoms with van der Waals surface area (Å²) in [4.78, 5) is 10.6. The maximum absolute atomic E-state index is 10.6. The van der Waals surface area contributed by atoms with Crippen LogP contribution in [-0.4, -0.2) is 12.6 Å². The van der Waals surface area contributed by atoms with Gasteiger partial charge in [0, 0.05) is 0 Å². The smallest absolute Gasteiger partial charge is 0.368 e. The first-order valence-corrected chi connectivity index (χ1v) is 2.51. The van der Waals surface area contributed by atoms with Crippen molar-refractivity contribution in [3.05, 3.63) is 27.7 Å². The lowest BCUT2D eigenvalue weighted by atomic mass is 9.97. The van der Waals surface area contributed by atoms with Crippen molar-refractivity contribution in [1.29, 1.82) is 0 Å². The van der Waals surface area contributed by atoms with Gasteiger partial charge in [-0.3, -0.25) is 0 Å². The molecule has 0 aliphatic carbocycles. The molecule has 0 aromatic rings. The number of carbonyl (C=O) groups is 1. The van der Waals surface area contributed by atoms with Gasteiger partial charge in [-0.25, -0.2) is 11.7 Å². The second-order valence-corrected chi connectivity index (χ2v) is 1.92. The molecule has 0 bridgehead atoms. The number of carbonyl (C=O) groups excluding carboxylic acids is 1. The van der Waals surface area contributed by atoms with E-state index in [1.807, 2.05) is 0 Å². The highest BCUT2D eigenvalue weighted by molar-refractivity contribution is 5.79. The second kappa shape index (κ2) is 2.67. The Hall–Kier alpha value is -0.790. The molecule has 50 valence electrons. The van der Waals surface area contributed by atoms with Crippen LogP contribution in [0.1, 0.15) is 0 Å². The van der Waals surface area contributed by atoms with Crippen LogP contribution in [0, 0.1) is 33.1 Å². The fourth-order valence-electron chi connectivity index (χ4n) is 0.246. The summed E-state index contributed by atoms with van der Waals surface area (Å²) in [6, 6.07) is 0. The summed E-state index contributed by atoms with van der Waals surface area (Å²) in [6.45, 7) is 13.5. The van der Waals surface area contributed by atoms with Gasteiger partial charge in [0.05, 0.1) is 13.8 Å². The Morgan fingerprint density at radius 1 is 1.67 bits per heavy atom. The van der Waals surface area contributed by atoms with Crippen molar-refractivity contribution >= 4 is 5.97 Å². The van der Waals surface area contributed by atoms with Crippen LogP contribution in [-0.2, 0) is 9.53 Å². The first-order chi connectivity index (χ1) is 3.98. The largest absolute Gasteiger partial charge is 0.494 e. The Morgan fingerprint density at radius 2 is 2.11 bits per heavy atom. The molecule has 0 saturated heterocycles.